The quantitative estimate of drug-likeness (QED) is 0.0368. The molecule has 440 valence electrons. The largest absolute Gasteiger partial charge is 0.489 e. The Morgan fingerprint density at radius 2 is 0.975 bits per heavy atom. The molecule has 0 spiro atoms. The van der Waals surface area contributed by atoms with E-state index in [4.69, 9.17) is 38.4 Å². The van der Waals surface area contributed by atoms with Gasteiger partial charge in [-0.25, -0.2) is 19.6 Å². The molecule has 7 N–H and O–H groups in total. The van der Waals surface area contributed by atoms with Crippen molar-refractivity contribution in [2.45, 2.75) is 126 Å². The van der Waals surface area contributed by atoms with Crippen LogP contribution in [0.4, 0.5) is 9.59 Å². The van der Waals surface area contributed by atoms with E-state index in [0.717, 1.165) is 39.5 Å². The first-order chi connectivity index (χ1) is 36.5. The lowest BCUT2D eigenvalue weighted by Crippen LogP contribution is -2.37. The summed E-state index contributed by atoms with van der Waals surface area (Å²) in [5.41, 5.74) is 11.7. The predicted octanol–water partition coefficient (Wildman–Crippen LogP) is 11.8. The van der Waals surface area contributed by atoms with Crippen molar-refractivity contribution in [3.05, 3.63) is 141 Å². The number of nitrogens with zero attached hydrogens (tertiary/aromatic N) is 4. The molecule has 18 nitrogen and oxygen atoms in total. The fourth-order valence-electron chi connectivity index (χ4n) is 7.84. The van der Waals surface area contributed by atoms with Gasteiger partial charge in [0.15, 0.2) is 0 Å². The van der Waals surface area contributed by atoms with Crippen molar-refractivity contribution >= 4 is 58.1 Å². The van der Waals surface area contributed by atoms with Gasteiger partial charge in [0.25, 0.3) is 11.8 Å². The lowest BCUT2D eigenvalue weighted by atomic mass is 10.0. The zero-order chi connectivity index (χ0) is 56.9. The average Bonchev–Trinajstić information content (AvgIpc) is 3.98. The summed E-state index contributed by atoms with van der Waals surface area (Å²) in [6.45, 7) is 11.3. The first kappa shape index (κ1) is 71.3. The first-order valence-electron chi connectivity index (χ1n) is 24.9. The van der Waals surface area contributed by atoms with Crippen molar-refractivity contribution < 1.29 is 48.3 Å². The molecule has 0 aliphatic rings. The van der Waals surface area contributed by atoms with Crippen LogP contribution in [0.25, 0.3) is 22.5 Å². The number of carbonyl (C=O) groups excluding carboxylic acids is 4. The van der Waals surface area contributed by atoms with Gasteiger partial charge in [0.1, 0.15) is 23.1 Å². The van der Waals surface area contributed by atoms with Gasteiger partial charge >= 0.3 is 11.5 Å². The highest BCUT2D eigenvalue weighted by atomic mass is 35.5. The molecule has 4 aromatic carbocycles. The number of rotatable bonds is 21. The normalized spacial score (nSPS) is 12.0. The second kappa shape index (κ2) is 35.1. The molecular weight excluding hydrogens is 1090 g/mol. The number of imidazole rings is 2. The van der Waals surface area contributed by atoms with Crippen LogP contribution in [0.3, 0.4) is 0 Å². The molecule has 0 radical (unpaired) electrons. The molecule has 0 aliphatic heterocycles. The minimum atomic E-state index is -0.773. The molecule has 21 heteroatoms. The average molecular weight is 1170 g/mol. The van der Waals surface area contributed by atoms with E-state index in [0.29, 0.717) is 64.2 Å². The molecule has 6 rings (SSSR count). The highest BCUT2D eigenvalue weighted by Crippen LogP contribution is 2.29. The number of alkyl carbamates (subject to hydrolysis) is 1. The van der Waals surface area contributed by atoms with Crippen molar-refractivity contribution in [2.24, 2.45) is 19.8 Å². The Morgan fingerprint density at radius 1 is 0.600 bits per heavy atom. The maximum Gasteiger partial charge on any atom is 0.407 e. The van der Waals surface area contributed by atoms with Gasteiger partial charge in [0, 0.05) is 85.6 Å². The van der Waals surface area contributed by atoms with E-state index in [2.05, 4.69) is 47.0 Å². The van der Waals surface area contributed by atoms with Crippen molar-refractivity contribution in [1.82, 2.24) is 35.1 Å². The molecule has 3 amide bonds. The number of aryl methyl sites for hydroxylation is 2. The van der Waals surface area contributed by atoms with Gasteiger partial charge in [-0.3, -0.25) is 9.59 Å². The van der Waals surface area contributed by atoms with Gasteiger partial charge in [-0.2, -0.15) is 0 Å². The van der Waals surface area contributed by atoms with Crippen LogP contribution in [0.5, 0.6) is 11.5 Å². The number of nitrogens with two attached hydrogens (primary N) is 1. The van der Waals surface area contributed by atoms with E-state index in [9.17, 15) is 29.4 Å². The summed E-state index contributed by atoms with van der Waals surface area (Å²) in [4.78, 5) is 55.9. The summed E-state index contributed by atoms with van der Waals surface area (Å²) in [5.74, 6) is 2.08. The summed E-state index contributed by atoms with van der Waals surface area (Å²) in [7, 11) is 6.34. The summed E-state index contributed by atoms with van der Waals surface area (Å²) in [6, 6.07) is 24.9. The molecule has 2 unspecified atom stereocenters. The number of aromatic nitrogens is 4. The number of halogens is 3. The fraction of sp³-hybridized carbons (Fsp3) is 0.424. The minimum absolute atomic E-state index is 0. The molecule has 6 aromatic rings. The number of aliphatic hydroxyl groups excluding tert-OH is 2. The summed E-state index contributed by atoms with van der Waals surface area (Å²) in [5, 5.41) is 28.6. The number of nitrogens with one attached hydrogen (secondary N) is 3. The van der Waals surface area contributed by atoms with Crippen molar-refractivity contribution in [1.29, 1.82) is 0 Å². The molecule has 0 fully saturated rings. The summed E-state index contributed by atoms with van der Waals surface area (Å²) < 4.78 is 23.6. The van der Waals surface area contributed by atoms with Crippen LogP contribution < -0.4 is 31.2 Å². The minimum Gasteiger partial charge on any atom is -0.489 e. The zero-order valence-corrected chi connectivity index (χ0v) is 47.4. The number of carbonyl (C=O) groups is 4. The number of amides is 3. The smallest absolute Gasteiger partial charge is 0.407 e. The van der Waals surface area contributed by atoms with E-state index in [1.165, 1.54) is 14.2 Å². The molecule has 80 heavy (non-hydrogen) atoms. The fourth-order valence-corrected chi connectivity index (χ4v) is 8.29. The topological polar surface area (TPSA) is 243 Å². The van der Waals surface area contributed by atoms with Gasteiger partial charge < -0.3 is 60.0 Å². The van der Waals surface area contributed by atoms with Gasteiger partial charge in [-0.1, -0.05) is 94.0 Å². The number of hydrogen-bond donors (Lipinski definition) is 6. The van der Waals surface area contributed by atoms with E-state index in [1.807, 2.05) is 126 Å². The molecule has 2 aromatic heterocycles. The lowest BCUT2D eigenvalue weighted by Gasteiger charge is -2.19. The Kier molecular flexibility index (Phi) is 31.3. The summed E-state index contributed by atoms with van der Waals surface area (Å²) in [6.07, 6.45) is 5.28. The highest BCUT2D eigenvalue weighted by Gasteiger charge is 2.20. The highest BCUT2D eigenvalue weighted by molar-refractivity contribution is 6.61. The third-order valence-electron chi connectivity index (χ3n) is 11.5. The first-order valence-corrected chi connectivity index (χ1v) is 26.0. The predicted molar refractivity (Wildman–Crippen MR) is 320 cm³/mol. The molecule has 0 aliphatic carbocycles. The van der Waals surface area contributed by atoms with Crippen LogP contribution in [0.2, 0.25) is 10.0 Å². The second-order valence-corrected chi connectivity index (χ2v) is 19.7. The van der Waals surface area contributed by atoms with Crippen molar-refractivity contribution in [3.63, 3.8) is 0 Å². The van der Waals surface area contributed by atoms with Crippen LogP contribution in [0.1, 0.15) is 132 Å². The van der Waals surface area contributed by atoms with E-state index in [1.54, 1.807) is 36.4 Å². The molecule has 0 saturated heterocycles. The summed E-state index contributed by atoms with van der Waals surface area (Å²) >= 11 is 17.2. The van der Waals surface area contributed by atoms with E-state index >= 15 is 0 Å². The van der Waals surface area contributed by atoms with Crippen LogP contribution in [0.15, 0.2) is 97.3 Å². The van der Waals surface area contributed by atoms with E-state index in [-0.39, 0.29) is 83.7 Å². The zero-order valence-electron chi connectivity index (χ0n) is 45.1. The Balaban J connectivity index is 0.000000715. The van der Waals surface area contributed by atoms with Gasteiger partial charge in [0.2, 0.25) is 0 Å². The third-order valence-corrected chi connectivity index (χ3v) is 12.2. The van der Waals surface area contributed by atoms with Crippen molar-refractivity contribution in [3.8, 4) is 34.0 Å². The number of aliphatic hydroxyl groups is 2. The second-order valence-electron chi connectivity index (χ2n) is 18.6. The van der Waals surface area contributed by atoms with Gasteiger partial charge in [0.05, 0.1) is 59.9 Å². The Hall–Kier alpha value is -6.67. The lowest BCUT2D eigenvalue weighted by molar-refractivity contribution is 0.0921. The Morgan fingerprint density at radius 3 is 1.29 bits per heavy atom. The number of hydrogen-bond acceptors (Lipinski definition) is 13. The maximum atomic E-state index is 12.9. The van der Waals surface area contributed by atoms with Gasteiger partial charge in [-0.05, 0) is 115 Å². The van der Waals surface area contributed by atoms with Gasteiger partial charge in [-0.15, -0.1) is 0 Å². The maximum absolute atomic E-state index is 12.9. The number of benzene rings is 4. The third kappa shape index (κ3) is 22.5. The standard InChI is InChI=1S/C28H35ClN4O5.C26H33ClN4O3.C2H3ClO2.3CH4/c1-17(2)38-25-11-10-21(15-23(25)29)27(35)31-22(12-13-34)14-19-6-8-20(9-7-19)24-16-33(4)26(32-24)18(3)30-28(36)37-5;1-16(2)34-24-10-9-20(14-22(24)27)26(33)29-21(11-12-32)13-18-5-7-19(8-6-18)23-15-31(4)25(30-23)17(3)28;1-5-2(3)4;;;/h6-11,15-18,22,34H,12-14H2,1-5H3,(H,30,36)(H,31,35);5-10,14-17,21,32H,11-13,28H2,1-4H3,(H,29,33);1H3;3*1H4/t18?,22-;17?,21-;;;;/m11..../s1. The monoisotopic (exact) mass is 1170 g/mol. The van der Waals surface area contributed by atoms with E-state index < -0.39 is 11.5 Å². The molecule has 4 atom stereocenters. The molecule has 0 bridgehead atoms. The number of ether oxygens (including phenoxy) is 4. The molecule has 0 saturated carbocycles. The molecular formula is C59H83Cl3N8O10. The Bertz CT molecular complexity index is 2860. The van der Waals surface area contributed by atoms with Crippen LogP contribution in [-0.2, 0) is 36.4 Å². The van der Waals surface area contributed by atoms with Crippen LogP contribution in [-0.4, -0.2) is 104 Å². The van der Waals surface area contributed by atoms with Crippen LogP contribution >= 0.6 is 34.8 Å². The SMILES string of the molecule is C.C.C.CC(C)Oc1ccc(C(=O)N[C@H](CCO)Cc2ccc(-c3cn(C)c(C(C)N)n3)cc2)cc1Cl.COC(=O)Cl.COC(=O)NC(C)c1nc(-c2ccc(C[C@@H](CCO)NC(=O)c3ccc(OC(C)C)c(Cl)c3)cc2)cn1C. The Labute approximate surface area is 487 Å². The van der Waals surface area contributed by atoms with Crippen molar-refractivity contribution in [2.75, 3.05) is 27.4 Å². The van der Waals surface area contributed by atoms with Crippen LogP contribution in [0, 0.1) is 0 Å². The molecule has 2 heterocycles. The number of methoxy groups -OCH3 is 2.